The lowest BCUT2D eigenvalue weighted by Gasteiger charge is -2.02. The van der Waals surface area contributed by atoms with E-state index in [-0.39, 0.29) is 11.6 Å². The van der Waals surface area contributed by atoms with Crippen LogP contribution in [0.15, 0.2) is 63.6 Å². The third-order valence-electron chi connectivity index (χ3n) is 3.89. The molecule has 140 valence electrons. The van der Waals surface area contributed by atoms with E-state index in [1.165, 1.54) is 6.08 Å². The normalized spacial score (nSPS) is 15.1. The number of esters is 1. The number of furan rings is 1. The second-order valence-corrected chi connectivity index (χ2v) is 7.45. The molecule has 0 fully saturated rings. The van der Waals surface area contributed by atoms with E-state index in [1.807, 2.05) is 0 Å². The van der Waals surface area contributed by atoms with Crippen LogP contribution in [0, 0.1) is 0 Å². The van der Waals surface area contributed by atoms with Crippen LogP contribution in [-0.4, -0.2) is 11.9 Å². The molecule has 1 aliphatic heterocycles. The lowest BCUT2D eigenvalue weighted by molar-refractivity contribution is -0.129. The van der Waals surface area contributed by atoms with Crippen molar-refractivity contribution in [3.8, 4) is 11.3 Å². The van der Waals surface area contributed by atoms with Gasteiger partial charge in [-0.3, -0.25) is 0 Å². The highest BCUT2D eigenvalue weighted by atomic mass is 35.5. The van der Waals surface area contributed by atoms with Crippen molar-refractivity contribution in [3.05, 3.63) is 85.6 Å². The third-order valence-corrected chi connectivity index (χ3v) is 5.18. The number of benzene rings is 2. The summed E-state index contributed by atoms with van der Waals surface area (Å²) in [4.78, 5) is 16.4. The Bertz CT molecular complexity index is 1160. The van der Waals surface area contributed by atoms with E-state index in [1.54, 1.807) is 48.5 Å². The van der Waals surface area contributed by atoms with Crippen molar-refractivity contribution in [2.24, 2.45) is 4.99 Å². The van der Waals surface area contributed by atoms with Crippen LogP contribution in [-0.2, 0) is 9.53 Å². The molecule has 4 rings (SSSR count). The second kappa shape index (κ2) is 7.64. The fourth-order valence-electron chi connectivity index (χ4n) is 2.56. The molecule has 0 atom stereocenters. The molecule has 0 N–H and O–H groups in total. The zero-order valence-electron chi connectivity index (χ0n) is 13.9. The summed E-state index contributed by atoms with van der Waals surface area (Å²) in [6.45, 7) is 0. The van der Waals surface area contributed by atoms with E-state index in [0.29, 0.717) is 37.2 Å². The SMILES string of the molecule is O=C1OC(c2ccc(Cl)cc2Cl)=N/C1=C\c1ccc(-c2ccc(Cl)c(Cl)c2)o1. The molecule has 0 saturated carbocycles. The number of carbonyl (C=O) groups excluding carboxylic acids is 1. The summed E-state index contributed by atoms with van der Waals surface area (Å²) in [5, 5.41) is 1.68. The van der Waals surface area contributed by atoms with E-state index in [4.69, 9.17) is 55.6 Å². The number of hydrogen-bond acceptors (Lipinski definition) is 4. The fourth-order valence-corrected chi connectivity index (χ4v) is 3.34. The molecule has 0 unspecified atom stereocenters. The first-order chi connectivity index (χ1) is 13.4. The molecule has 2 aromatic carbocycles. The first-order valence-corrected chi connectivity index (χ1v) is 9.45. The standard InChI is InChI=1S/C20H9Cl4NO3/c21-11-2-4-13(15(23)8-11)19-25-17(20(26)28-19)9-12-3-6-18(27-12)10-1-5-14(22)16(24)7-10/h1-9H/b17-9-. The average molecular weight is 453 g/mol. The predicted octanol–water partition coefficient (Wildman–Crippen LogP) is 6.90. The van der Waals surface area contributed by atoms with Crippen molar-refractivity contribution < 1.29 is 13.9 Å². The number of aliphatic imine (C=N–C) groups is 1. The van der Waals surface area contributed by atoms with Crippen LogP contribution >= 0.6 is 46.4 Å². The fraction of sp³-hybridized carbons (Fsp3) is 0. The van der Waals surface area contributed by atoms with Gasteiger partial charge in [-0.25, -0.2) is 9.79 Å². The van der Waals surface area contributed by atoms with Gasteiger partial charge < -0.3 is 9.15 Å². The maximum atomic E-state index is 12.2. The number of nitrogens with zero attached hydrogens (tertiary/aromatic N) is 1. The van der Waals surface area contributed by atoms with Gasteiger partial charge in [0.05, 0.1) is 20.6 Å². The summed E-state index contributed by atoms with van der Waals surface area (Å²) in [7, 11) is 0. The molecule has 4 nitrogen and oxygen atoms in total. The Morgan fingerprint density at radius 3 is 2.43 bits per heavy atom. The molecule has 1 aliphatic rings. The third kappa shape index (κ3) is 3.82. The van der Waals surface area contributed by atoms with E-state index in [0.717, 1.165) is 5.56 Å². The summed E-state index contributed by atoms with van der Waals surface area (Å²) >= 11 is 24.0. The summed E-state index contributed by atoms with van der Waals surface area (Å²) in [6.07, 6.45) is 1.49. The first kappa shape index (κ1) is 19.1. The van der Waals surface area contributed by atoms with Crippen molar-refractivity contribution in [1.82, 2.24) is 0 Å². The highest BCUT2D eigenvalue weighted by molar-refractivity contribution is 6.42. The van der Waals surface area contributed by atoms with Crippen LogP contribution in [0.5, 0.6) is 0 Å². The van der Waals surface area contributed by atoms with Gasteiger partial charge in [0, 0.05) is 16.7 Å². The minimum Gasteiger partial charge on any atom is -0.457 e. The van der Waals surface area contributed by atoms with Crippen molar-refractivity contribution in [2.45, 2.75) is 0 Å². The van der Waals surface area contributed by atoms with Crippen LogP contribution < -0.4 is 0 Å². The van der Waals surface area contributed by atoms with Crippen molar-refractivity contribution >= 4 is 64.3 Å². The molecule has 2 heterocycles. The maximum Gasteiger partial charge on any atom is 0.363 e. The molecule has 1 aromatic heterocycles. The molecular weight excluding hydrogens is 444 g/mol. The van der Waals surface area contributed by atoms with E-state index >= 15 is 0 Å². The summed E-state index contributed by atoms with van der Waals surface area (Å²) in [5.74, 6) is 0.504. The predicted molar refractivity (Wildman–Crippen MR) is 111 cm³/mol. The number of cyclic esters (lactones) is 1. The topological polar surface area (TPSA) is 51.8 Å². The van der Waals surface area contributed by atoms with E-state index in [9.17, 15) is 4.79 Å². The Morgan fingerprint density at radius 2 is 1.68 bits per heavy atom. The van der Waals surface area contributed by atoms with Gasteiger partial charge in [0.1, 0.15) is 11.5 Å². The monoisotopic (exact) mass is 451 g/mol. The van der Waals surface area contributed by atoms with Crippen molar-refractivity contribution in [1.29, 1.82) is 0 Å². The van der Waals surface area contributed by atoms with Gasteiger partial charge in [0.25, 0.3) is 0 Å². The molecule has 0 spiro atoms. The number of carbonyl (C=O) groups is 1. The van der Waals surface area contributed by atoms with Gasteiger partial charge >= 0.3 is 5.97 Å². The van der Waals surface area contributed by atoms with Crippen LogP contribution in [0.1, 0.15) is 11.3 Å². The van der Waals surface area contributed by atoms with Crippen LogP contribution in [0.2, 0.25) is 20.1 Å². The van der Waals surface area contributed by atoms with Gasteiger partial charge in [-0.1, -0.05) is 46.4 Å². The van der Waals surface area contributed by atoms with Crippen LogP contribution in [0.4, 0.5) is 0 Å². The van der Waals surface area contributed by atoms with E-state index in [2.05, 4.69) is 4.99 Å². The Kier molecular flexibility index (Phi) is 5.21. The maximum absolute atomic E-state index is 12.2. The van der Waals surface area contributed by atoms with Gasteiger partial charge in [-0.15, -0.1) is 0 Å². The average Bonchev–Trinajstić information content (AvgIpc) is 3.25. The second-order valence-electron chi connectivity index (χ2n) is 5.79. The summed E-state index contributed by atoms with van der Waals surface area (Å²) < 4.78 is 11.0. The largest absolute Gasteiger partial charge is 0.457 e. The molecule has 0 saturated heterocycles. The Morgan fingerprint density at radius 1 is 0.857 bits per heavy atom. The van der Waals surface area contributed by atoms with Crippen molar-refractivity contribution in [3.63, 3.8) is 0 Å². The first-order valence-electron chi connectivity index (χ1n) is 7.94. The van der Waals surface area contributed by atoms with Gasteiger partial charge in [-0.05, 0) is 48.5 Å². The molecule has 3 aromatic rings. The van der Waals surface area contributed by atoms with Crippen LogP contribution in [0.3, 0.4) is 0 Å². The number of rotatable bonds is 3. The van der Waals surface area contributed by atoms with Gasteiger partial charge in [0.2, 0.25) is 5.90 Å². The Balaban J connectivity index is 1.64. The Labute approximate surface area is 179 Å². The smallest absolute Gasteiger partial charge is 0.363 e. The van der Waals surface area contributed by atoms with Crippen molar-refractivity contribution in [2.75, 3.05) is 0 Å². The lowest BCUT2D eigenvalue weighted by Crippen LogP contribution is -2.05. The molecule has 0 amide bonds. The highest BCUT2D eigenvalue weighted by Crippen LogP contribution is 2.31. The summed E-state index contributed by atoms with van der Waals surface area (Å²) in [5.41, 5.74) is 1.32. The molecule has 8 heteroatoms. The number of hydrogen-bond donors (Lipinski definition) is 0. The van der Waals surface area contributed by atoms with E-state index < -0.39 is 5.97 Å². The van der Waals surface area contributed by atoms with Crippen LogP contribution in [0.25, 0.3) is 17.4 Å². The Hall–Kier alpha value is -2.24. The minimum atomic E-state index is -0.603. The quantitative estimate of drug-likeness (QED) is 0.320. The summed E-state index contributed by atoms with van der Waals surface area (Å²) in [6, 6.07) is 13.4. The highest BCUT2D eigenvalue weighted by Gasteiger charge is 2.26. The molecule has 0 radical (unpaired) electrons. The molecule has 28 heavy (non-hydrogen) atoms. The van der Waals surface area contributed by atoms with Gasteiger partial charge in [-0.2, -0.15) is 0 Å². The lowest BCUT2D eigenvalue weighted by atomic mass is 10.2. The molecule has 0 aliphatic carbocycles. The number of ether oxygens (including phenoxy) is 1. The molecular formula is C20H9Cl4NO3. The zero-order chi connectivity index (χ0) is 19.8. The zero-order valence-corrected chi connectivity index (χ0v) is 16.9. The number of halogens is 4. The molecule has 0 bridgehead atoms. The minimum absolute atomic E-state index is 0.0936. The van der Waals surface area contributed by atoms with Gasteiger partial charge in [0.15, 0.2) is 5.70 Å².